The van der Waals surface area contributed by atoms with Gasteiger partial charge in [0.2, 0.25) is 5.91 Å². The van der Waals surface area contributed by atoms with E-state index in [1.54, 1.807) is 12.3 Å². The van der Waals surface area contributed by atoms with Crippen molar-refractivity contribution in [3.8, 4) is 0 Å². The van der Waals surface area contributed by atoms with Gasteiger partial charge in [-0.1, -0.05) is 12.1 Å². The third kappa shape index (κ3) is 7.22. The van der Waals surface area contributed by atoms with Crippen LogP contribution in [0.15, 0.2) is 56.5 Å². The molecule has 1 saturated heterocycles. The number of nitrogens with one attached hydrogen (secondary N) is 3. The maximum Gasteiger partial charge on any atom is 0.242 e. The molecule has 0 saturated carbocycles. The van der Waals surface area contributed by atoms with Crippen molar-refractivity contribution >= 4 is 57.5 Å². The summed E-state index contributed by atoms with van der Waals surface area (Å²) in [5.41, 5.74) is 1.20. The molecule has 9 heteroatoms. The number of amides is 1. The summed E-state index contributed by atoms with van der Waals surface area (Å²) in [6.45, 7) is 5.04. The second-order valence-corrected chi connectivity index (χ2v) is 7.43. The molecule has 1 fully saturated rings. The first kappa shape index (κ1) is 23.5. The normalized spacial score (nSPS) is 16.3. The molecule has 1 unspecified atom stereocenters. The summed E-state index contributed by atoms with van der Waals surface area (Å²) >= 11 is 3.62. The van der Waals surface area contributed by atoms with Gasteiger partial charge in [-0.2, -0.15) is 0 Å². The predicted molar refractivity (Wildman–Crippen MR) is 130 cm³/mol. The highest BCUT2D eigenvalue weighted by molar-refractivity contribution is 14.0. The van der Waals surface area contributed by atoms with E-state index in [0.29, 0.717) is 12.5 Å². The highest BCUT2D eigenvalue weighted by atomic mass is 127. The number of carbonyl (C=O) groups excluding carboxylic acids is 1. The number of anilines is 1. The van der Waals surface area contributed by atoms with E-state index < -0.39 is 0 Å². The lowest BCUT2D eigenvalue weighted by Gasteiger charge is -2.21. The van der Waals surface area contributed by atoms with Crippen LogP contribution in [0.25, 0.3) is 0 Å². The number of hydrogen-bond acceptors (Lipinski definition) is 4. The molecule has 3 N–H and O–H groups in total. The first-order chi connectivity index (χ1) is 13.7. The monoisotopic (exact) mass is 575 g/mol. The van der Waals surface area contributed by atoms with Crippen molar-refractivity contribution in [2.45, 2.75) is 25.9 Å². The van der Waals surface area contributed by atoms with E-state index in [2.05, 4.69) is 53.9 Å². The van der Waals surface area contributed by atoms with Crippen LogP contribution in [-0.4, -0.2) is 44.1 Å². The lowest BCUT2D eigenvalue weighted by atomic mass is 10.3. The molecule has 7 nitrogen and oxygen atoms in total. The highest BCUT2D eigenvalue weighted by Gasteiger charge is 2.24. The Kier molecular flexibility index (Phi) is 9.79. The zero-order valence-electron chi connectivity index (χ0n) is 16.4. The minimum atomic E-state index is -0.144. The van der Waals surface area contributed by atoms with E-state index in [4.69, 9.17) is 4.42 Å². The molecule has 1 aliphatic heterocycles. The Labute approximate surface area is 196 Å². The molecule has 0 aliphatic carbocycles. The number of halogens is 2. The fraction of sp³-hybridized carbons (Fsp3) is 0.400. The maximum absolute atomic E-state index is 12.0. The zero-order valence-corrected chi connectivity index (χ0v) is 20.3. The number of nitrogens with zero attached hydrogens (tertiary/aromatic N) is 2. The van der Waals surface area contributed by atoms with Gasteiger partial charge >= 0.3 is 0 Å². The van der Waals surface area contributed by atoms with Crippen LogP contribution < -0.4 is 20.9 Å². The summed E-state index contributed by atoms with van der Waals surface area (Å²) < 4.78 is 6.31. The summed E-state index contributed by atoms with van der Waals surface area (Å²) in [4.78, 5) is 18.8. The molecule has 3 rings (SSSR count). The number of carbonyl (C=O) groups is 1. The topological polar surface area (TPSA) is 81.9 Å². The van der Waals surface area contributed by atoms with Crippen LogP contribution in [0, 0.1) is 0 Å². The smallest absolute Gasteiger partial charge is 0.242 e. The Morgan fingerprint density at radius 3 is 2.83 bits per heavy atom. The number of hydrogen-bond donors (Lipinski definition) is 3. The van der Waals surface area contributed by atoms with E-state index in [9.17, 15) is 4.79 Å². The number of para-hydroxylation sites is 1. The maximum atomic E-state index is 12.0. The SMILES string of the molecule is CCNC(=NCC(=O)NCc1ccco1)NC1CCN(c2ccccc2Br)C1.I. The van der Waals surface area contributed by atoms with Crippen LogP contribution in [0.4, 0.5) is 5.69 Å². The highest BCUT2D eigenvalue weighted by Crippen LogP contribution is 2.28. The molecule has 0 spiro atoms. The van der Waals surface area contributed by atoms with Gasteiger partial charge in [0.05, 0.1) is 18.5 Å². The van der Waals surface area contributed by atoms with Gasteiger partial charge in [0.25, 0.3) is 0 Å². The average molecular weight is 576 g/mol. The summed E-state index contributed by atoms with van der Waals surface area (Å²) in [7, 11) is 0. The van der Waals surface area contributed by atoms with E-state index >= 15 is 0 Å². The summed E-state index contributed by atoms with van der Waals surface area (Å²) in [6.07, 6.45) is 2.60. The fourth-order valence-corrected chi connectivity index (χ4v) is 3.66. The Bertz CT molecular complexity index is 800. The van der Waals surface area contributed by atoms with Crippen LogP contribution in [0.3, 0.4) is 0 Å². The third-order valence-corrected chi connectivity index (χ3v) is 5.16. The lowest BCUT2D eigenvalue weighted by Crippen LogP contribution is -2.45. The Morgan fingerprint density at radius 1 is 1.28 bits per heavy atom. The van der Waals surface area contributed by atoms with Gasteiger partial charge < -0.3 is 25.3 Å². The van der Waals surface area contributed by atoms with Crippen LogP contribution in [0.1, 0.15) is 19.1 Å². The van der Waals surface area contributed by atoms with Gasteiger partial charge in [0.15, 0.2) is 5.96 Å². The van der Waals surface area contributed by atoms with Crippen LogP contribution in [0.2, 0.25) is 0 Å². The number of benzene rings is 1. The lowest BCUT2D eigenvalue weighted by molar-refractivity contribution is -0.119. The third-order valence-electron chi connectivity index (χ3n) is 4.49. The van der Waals surface area contributed by atoms with Crippen molar-refractivity contribution in [3.05, 3.63) is 52.9 Å². The van der Waals surface area contributed by atoms with Gasteiger partial charge in [-0.15, -0.1) is 24.0 Å². The van der Waals surface area contributed by atoms with Crippen LogP contribution in [-0.2, 0) is 11.3 Å². The quantitative estimate of drug-likeness (QED) is 0.268. The molecule has 158 valence electrons. The molecule has 0 bridgehead atoms. The van der Waals surface area contributed by atoms with Gasteiger partial charge in [-0.25, -0.2) is 4.99 Å². The van der Waals surface area contributed by atoms with E-state index in [1.807, 2.05) is 25.1 Å². The number of rotatable bonds is 7. The molecule has 2 heterocycles. The minimum Gasteiger partial charge on any atom is -0.467 e. The molecule has 1 aromatic heterocycles. The fourth-order valence-electron chi connectivity index (χ4n) is 3.12. The number of aliphatic imine (C=N–C) groups is 1. The zero-order chi connectivity index (χ0) is 19.8. The van der Waals surface area contributed by atoms with Crippen LogP contribution >= 0.6 is 39.9 Å². The molecule has 29 heavy (non-hydrogen) atoms. The number of guanidine groups is 1. The molecular weight excluding hydrogens is 549 g/mol. The second kappa shape index (κ2) is 12.1. The van der Waals surface area contributed by atoms with E-state index in [-0.39, 0.29) is 42.5 Å². The van der Waals surface area contributed by atoms with Gasteiger partial charge in [0.1, 0.15) is 12.3 Å². The Hall–Kier alpha value is -1.75. The van der Waals surface area contributed by atoms with Crippen molar-refractivity contribution in [1.82, 2.24) is 16.0 Å². The van der Waals surface area contributed by atoms with Gasteiger partial charge in [-0.3, -0.25) is 4.79 Å². The van der Waals surface area contributed by atoms with Crippen molar-refractivity contribution in [2.24, 2.45) is 4.99 Å². The number of furan rings is 1. The summed E-state index contributed by atoms with van der Waals surface area (Å²) in [5, 5.41) is 9.46. The van der Waals surface area contributed by atoms with Gasteiger partial charge in [0, 0.05) is 30.1 Å². The van der Waals surface area contributed by atoms with Crippen molar-refractivity contribution in [1.29, 1.82) is 0 Å². The van der Waals surface area contributed by atoms with Crippen molar-refractivity contribution in [3.63, 3.8) is 0 Å². The van der Waals surface area contributed by atoms with Crippen molar-refractivity contribution in [2.75, 3.05) is 31.1 Å². The first-order valence-corrected chi connectivity index (χ1v) is 10.3. The predicted octanol–water partition coefficient (Wildman–Crippen LogP) is 3.11. The van der Waals surface area contributed by atoms with Crippen molar-refractivity contribution < 1.29 is 9.21 Å². The largest absolute Gasteiger partial charge is 0.467 e. The molecule has 1 aromatic carbocycles. The molecular formula is C20H27BrIN5O2. The second-order valence-electron chi connectivity index (χ2n) is 6.58. The minimum absolute atomic E-state index is 0. The Morgan fingerprint density at radius 2 is 2.10 bits per heavy atom. The molecule has 1 aliphatic rings. The summed E-state index contributed by atoms with van der Waals surface area (Å²) in [5.74, 6) is 1.24. The molecule has 0 radical (unpaired) electrons. The molecule has 2 aromatic rings. The molecule has 1 amide bonds. The Balaban J connectivity index is 0.00000300. The van der Waals surface area contributed by atoms with E-state index in [0.717, 1.165) is 36.3 Å². The summed E-state index contributed by atoms with van der Waals surface area (Å²) in [6, 6.07) is 12.1. The van der Waals surface area contributed by atoms with Crippen LogP contribution in [0.5, 0.6) is 0 Å². The first-order valence-electron chi connectivity index (χ1n) is 9.49. The van der Waals surface area contributed by atoms with Gasteiger partial charge in [-0.05, 0) is 53.5 Å². The van der Waals surface area contributed by atoms with E-state index in [1.165, 1.54) is 5.69 Å². The standard InChI is InChI=1S/C20H26BrN5O2.HI/c1-2-22-20(24-13-19(27)23-12-16-6-5-11-28-16)25-15-9-10-26(14-15)18-8-4-3-7-17(18)21;/h3-8,11,15H,2,9-10,12-14H2,1H3,(H,23,27)(H2,22,24,25);1H. The molecule has 1 atom stereocenters. The average Bonchev–Trinajstić information content (AvgIpc) is 3.37.